The molecule has 25 heavy (non-hydrogen) atoms. The van der Waals surface area contributed by atoms with E-state index in [0.717, 1.165) is 27.6 Å². The van der Waals surface area contributed by atoms with Crippen LogP contribution < -0.4 is 5.32 Å². The molecule has 0 atom stereocenters. The number of carbonyl (C=O) groups excluding carboxylic acids is 1. The summed E-state index contributed by atoms with van der Waals surface area (Å²) in [5.74, 6) is 1.09. The number of thioether (sulfide) groups is 1. The maximum atomic E-state index is 12.1. The lowest BCUT2D eigenvalue weighted by molar-refractivity contribution is -0.113. The molecule has 5 nitrogen and oxygen atoms in total. The molecule has 7 heteroatoms. The van der Waals surface area contributed by atoms with E-state index in [1.807, 2.05) is 54.1 Å². The summed E-state index contributed by atoms with van der Waals surface area (Å²) in [6, 6.07) is 17.6. The van der Waals surface area contributed by atoms with E-state index in [9.17, 15) is 4.79 Å². The highest BCUT2D eigenvalue weighted by molar-refractivity contribution is 9.10. The number of hydrogen-bond acceptors (Lipinski definition) is 4. The van der Waals surface area contributed by atoms with Crippen LogP contribution in [0.4, 0.5) is 5.69 Å². The van der Waals surface area contributed by atoms with Crippen LogP contribution in [0.1, 0.15) is 11.4 Å². The molecular weight excluding hydrogens is 400 g/mol. The lowest BCUT2D eigenvalue weighted by Gasteiger charge is -2.06. The van der Waals surface area contributed by atoms with Crippen molar-refractivity contribution in [1.82, 2.24) is 14.8 Å². The summed E-state index contributed by atoms with van der Waals surface area (Å²) in [6.07, 6.45) is 0.718. The van der Waals surface area contributed by atoms with Gasteiger partial charge in [0.25, 0.3) is 0 Å². The third-order valence-electron chi connectivity index (χ3n) is 3.59. The molecule has 2 aromatic carbocycles. The average Bonchev–Trinajstić information content (AvgIpc) is 2.96. The number of halogens is 1. The molecule has 0 saturated carbocycles. The van der Waals surface area contributed by atoms with Crippen molar-refractivity contribution in [3.63, 3.8) is 0 Å². The van der Waals surface area contributed by atoms with Crippen LogP contribution in [0.2, 0.25) is 0 Å². The van der Waals surface area contributed by atoms with Crippen LogP contribution in [0, 0.1) is 0 Å². The predicted octanol–water partition coefficient (Wildman–Crippen LogP) is 3.90. The van der Waals surface area contributed by atoms with Gasteiger partial charge in [-0.15, -0.1) is 10.2 Å². The van der Waals surface area contributed by atoms with E-state index in [0.29, 0.717) is 0 Å². The Bertz CT molecular complexity index is 849. The van der Waals surface area contributed by atoms with E-state index < -0.39 is 0 Å². The van der Waals surface area contributed by atoms with Crippen LogP contribution >= 0.6 is 27.7 Å². The van der Waals surface area contributed by atoms with Crippen molar-refractivity contribution in [3.8, 4) is 0 Å². The first-order chi connectivity index (χ1) is 12.1. The lowest BCUT2D eigenvalue weighted by Crippen LogP contribution is -2.14. The van der Waals surface area contributed by atoms with Gasteiger partial charge < -0.3 is 9.88 Å². The van der Waals surface area contributed by atoms with Crippen LogP contribution in [0.3, 0.4) is 0 Å². The van der Waals surface area contributed by atoms with Crippen molar-refractivity contribution in [3.05, 3.63) is 70.5 Å². The van der Waals surface area contributed by atoms with Crippen molar-refractivity contribution in [2.75, 3.05) is 11.1 Å². The van der Waals surface area contributed by atoms with Gasteiger partial charge in [0, 0.05) is 23.6 Å². The zero-order chi connectivity index (χ0) is 17.6. The number of nitrogens with zero attached hydrogens (tertiary/aromatic N) is 3. The molecule has 1 amide bonds. The van der Waals surface area contributed by atoms with Gasteiger partial charge in [-0.25, -0.2) is 0 Å². The molecule has 128 valence electrons. The molecule has 0 unspecified atom stereocenters. The lowest BCUT2D eigenvalue weighted by atomic mass is 10.1. The number of aromatic nitrogens is 3. The third kappa shape index (κ3) is 4.93. The summed E-state index contributed by atoms with van der Waals surface area (Å²) in [5, 5.41) is 12.0. The summed E-state index contributed by atoms with van der Waals surface area (Å²) >= 11 is 4.75. The number of nitrogens with one attached hydrogen (secondary N) is 1. The van der Waals surface area contributed by atoms with Gasteiger partial charge in [-0.05, 0) is 29.8 Å². The fraction of sp³-hybridized carbons (Fsp3) is 0.167. The largest absolute Gasteiger partial charge is 0.325 e. The average molecular weight is 417 g/mol. The standard InChI is InChI=1S/C18H17BrN4OS/c1-23-16(11-13-5-3-2-4-6-13)21-22-18(23)25-12-17(24)20-15-9-7-14(19)8-10-15/h2-10H,11-12H2,1H3,(H,20,24). The summed E-state index contributed by atoms with van der Waals surface area (Å²) < 4.78 is 2.91. The molecule has 0 aliphatic carbocycles. The maximum absolute atomic E-state index is 12.1. The van der Waals surface area contributed by atoms with Crippen LogP contribution in [0.5, 0.6) is 0 Å². The number of carbonyl (C=O) groups is 1. The first-order valence-corrected chi connectivity index (χ1v) is 9.50. The molecular formula is C18H17BrN4OS. The minimum atomic E-state index is -0.0695. The van der Waals surface area contributed by atoms with Crippen molar-refractivity contribution >= 4 is 39.3 Å². The van der Waals surface area contributed by atoms with Crippen LogP contribution in [0.15, 0.2) is 64.2 Å². The molecule has 1 heterocycles. The number of rotatable bonds is 6. The molecule has 0 fully saturated rings. The minimum Gasteiger partial charge on any atom is -0.325 e. The molecule has 0 aliphatic rings. The SMILES string of the molecule is Cn1c(Cc2ccccc2)nnc1SCC(=O)Nc1ccc(Br)cc1. The molecule has 1 aromatic heterocycles. The summed E-state index contributed by atoms with van der Waals surface area (Å²) in [6.45, 7) is 0. The number of amides is 1. The minimum absolute atomic E-state index is 0.0695. The van der Waals surface area contributed by atoms with Crippen LogP contribution in [-0.4, -0.2) is 26.4 Å². The second-order valence-electron chi connectivity index (χ2n) is 5.46. The number of hydrogen-bond donors (Lipinski definition) is 1. The van der Waals surface area contributed by atoms with Gasteiger partial charge in [-0.2, -0.15) is 0 Å². The van der Waals surface area contributed by atoms with E-state index in [4.69, 9.17) is 0 Å². The van der Waals surface area contributed by atoms with Gasteiger partial charge in [-0.1, -0.05) is 58.0 Å². The summed E-state index contributed by atoms with van der Waals surface area (Å²) in [7, 11) is 1.92. The van der Waals surface area contributed by atoms with E-state index in [2.05, 4.69) is 43.6 Å². The Morgan fingerprint density at radius 3 is 2.56 bits per heavy atom. The molecule has 0 saturated heterocycles. The van der Waals surface area contributed by atoms with Gasteiger partial charge >= 0.3 is 0 Å². The number of anilines is 1. The Hall–Kier alpha value is -2.12. The first kappa shape index (κ1) is 17.7. The zero-order valence-electron chi connectivity index (χ0n) is 13.6. The predicted molar refractivity (Wildman–Crippen MR) is 104 cm³/mol. The fourth-order valence-electron chi connectivity index (χ4n) is 2.26. The molecule has 3 aromatic rings. The Morgan fingerprint density at radius 1 is 1.12 bits per heavy atom. The highest BCUT2D eigenvalue weighted by atomic mass is 79.9. The van der Waals surface area contributed by atoms with Gasteiger partial charge in [-0.3, -0.25) is 4.79 Å². The second-order valence-corrected chi connectivity index (χ2v) is 7.32. The smallest absolute Gasteiger partial charge is 0.234 e. The van der Waals surface area contributed by atoms with E-state index >= 15 is 0 Å². The fourth-order valence-corrected chi connectivity index (χ4v) is 3.26. The van der Waals surface area contributed by atoms with Crippen LogP contribution in [-0.2, 0) is 18.3 Å². The summed E-state index contributed by atoms with van der Waals surface area (Å²) in [4.78, 5) is 12.1. The Kier molecular flexibility index (Phi) is 5.88. The molecule has 0 radical (unpaired) electrons. The summed E-state index contributed by atoms with van der Waals surface area (Å²) in [5.41, 5.74) is 1.96. The quantitative estimate of drug-likeness (QED) is 0.618. The second kappa shape index (κ2) is 8.31. The molecule has 1 N–H and O–H groups in total. The number of benzene rings is 2. The molecule has 3 rings (SSSR count). The maximum Gasteiger partial charge on any atom is 0.234 e. The highest BCUT2D eigenvalue weighted by Crippen LogP contribution is 2.19. The van der Waals surface area contributed by atoms with Crippen molar-refractivity contribution in [2.24, 2.45) is 7.05 Å². The Balaban J connectivity index is 1.56. The van der Waals surface area contributed by atoms with Gasteiger partial charge in [0.15, 0.2) is 5.16 Å². The zero-order valence-corrected chi connectivity index (χ0v) is 16.0. The van der Waals surface area contributed by atoms with Gasteiger partial charge in [0.1, 0.15) is 5.82 Å². The van der Waals surface area contributed by atoms with Crippen LogP contribution in [0.25, 0.3) is 0 Å². The van der Waals surface area contributed by atoms with Crippen molar-refractivity contribution in [2.45, 2.75) is 11.6 Å². The molecule has 0 bridgehead atoms. The van der Waals surface area contributed by atoms with Crippen molar-refractivity contribution in [1.29, 1.82) is 0 Å². The van der Waals surface area contributed by atoms with Gasteiger partial charge in [0.05, 0.1) is 5.75 Å². The normalized spacial score (nSPS) is 10.6. The van der Waals surface area contributed by atoms with E-state index in [1.54, 1.807) is 0 Å². The molecule has 0 aliphatic heterocycles. The Labute approximate surface area is 159 Å². The monoisotopic (exact) mass is 416 g/mol. The van der Waals surface area contributed by atoms with E-state index in [-0.39, 0.29) is 11.7 Å². The molecule has 0 spiro atoms. The van der Waals surface area contributed by atoms with Crippen molar-refractivity contribution < 1.29 is 4.79 Å². The highest BCUT2D eigenvalue weighted by Gasteiger charge is 2.12. The van der Waals surface area contributed by atoms with E-state index in [1.165, 1.54) is 17.3 Å². The van der Waals surface area contributed by atoms with Gasteiger partial charge in [0.2, 0.25) is 5.91 Å². The first-order valence-electron chi connectivity index (χ1n) is 7.72. The topological polar surface area (TPSA) is 59.8 Å². The Morgan fingerprint density at radius 2 is 1.84 bits per heavy atom. The third-order valence-corrected chi connectivity index (χ3v) is 5.14.